The maximum Gasteiger partial charge on any atom is 0.314 e. The smallest absolute Gasteiger partial charge is 0.314 e. The maximum atomic E-state index is 12.5. The van der Waals surface area contributed by atoms with Crippen molar-refractivity contribution in [1.82, 2.24) is 15.5 Å². The molecule has 0 saturated carbocycles. The van der Waals surface area contributed by atoms with Crippen molar-refractivity contribution in [1.29, 1.82) is 0 Å². The van der Waals surface area contributed by atoms with E-state index in [-0.39, 0.29) is 12.1 Å². The van der Waals surface area contributed by atoms with Crippen molar-refractivity contribution in [3.63, 3.8) is 0 Å². The molecule has 2 aromatic rings. The molecule has 28 heavy (non-hydrogen) atoms. The second-order valence-electron chi connectivity index (χ2n) is 8.01. The number of fused-ring (bicyclic) bond motifs is 1. The molecule has 2 atom stereocenters. The molecule has 0 bridgehead atoms. The predicted octanol–water partition coefficient (Wildman–Crippen LogP) is 4.23. The van der Waals surface area contributed by atoms with Gasteiger partial charge in [0.25, 0.3) is 0 Å². The summed E-state index contributed by atoms with van der Waals surface area (Å²) in [7, 11) is 0. The Balaban J connectivity index is 1.31. The lowest BCUT2D eigenvalue weighted by Crippen LogP contribution is -2.44. The van der Waals surface area contributed by atoms with Gasteiger partial charge in [-0.15, -0.1) is 0 Å². The van der Waals surface area contributed by atoms with Gasteiger partial charge in [0.2, 0.25) is 0 Å². The fourth-order valence-corrected chi connectivity index (χ4v) is 4.65. The number of nitrogens with one attached hydrogen (secondary N) is 2. The minimum Gasteiger partial charge on any atom is -0.468 e. The number of hydrogen-bond donors (Lipinski definition) is 2. The number of furan rings is 1. The highest BCUT2D eigenvalue weighted by Gasteiger charge is 2.25. The molecule has 1 aliphatic carbocycles. The number of rotatable bonds is 6. The molecule has 1 saturated heterocycles. The summed E-state index contributed by atoms with van der Waals surface area (Å²) in [5, 5.41) is 6.18. The second-order valence-corrected chi connectivity index (χ2v) is 8.01. The third kappa shape index (κ3) is 4.58. The summed E-state index contributed by atoms with van der Waals surface area (Å²) in [5.41, 5.74) is 2.83. The number of carbonyl (C=O) groups is 1. The molecule has 2 aliphatic rings. The van der Waals surface area contributed by atoms with Crippen molar-refractivity contribution < 1.29 is 9.21 Å². The normalized spacial score (nSPS) is 20.9. The van der Waals surface area contributed by atoms with Gasteiger partial charge >= 0.3 is 6.03 Å². The van der Waals surface area contributed by atoms with Gasteiger partial charge in [-0.2, -0.15) is 0 Å². The van der Waals surface area contributed by atoms with Gasteiger partial charge in [-0.3, -0.25) is 4.90 Å². The number of nitrogens with zero attached hydrogens (tertiary/aromatic N) is 1. The number of carbonyl (C=O) groups excluding carboxylic acids is 1. The topological polar surface area (TPSA) is 57.5 Å². The van der Waals surface area contributed by atoms with Gasteiger partial charge in [0.15, 0.2) is 0 Å². The van der Waals surface area contributed by atoms with Crippen molar-refractivity contribution in [3.05, 3.63) is 59.5 Å². The number of likely N-dealkylation sites (tertiary alicyclic amines) is 1. The molecule has 4 rings (SSSR count). The summed E-state index contributed by atoms with van der Waals surface area (Å²) in [4.78, 5) is 14.9. The van der Waals surface area contributed by atoms with Crippen LogP contribution in [0.5, 0.6) is 0 Å². The quantitative estimate of drug-likeness (QED) is 0.787. The van der Waals surface area contributed by atoms with Gasteiger partial charge in [-0.1, -0.05) is 30.7 Å². The number of amides is 2. The minimum atomic E-state index is -0.0865. The third-order valence-corrected chi connectivity index (χ3v) is 6.16. The van der Waals surface area contributed by atoms with E-state index in [2.05, 4.69) is 39.8 Å². The molecule has 1 aliphatic heterocycles. The van der Waals surface area contributed by atoms with E-state index in [9.17, 15) is 4.79 Å². The van der Waals surface area contributed by atoms with Crippen molar-refractivity contribution in [2.75, 3.05) is 26.2 Å². The summed E-state index contributed by atoms with van der Waals surface area (Å²) in [5.74, 6) is 1.35. The lowest BCUT2D eigenvalue weighted by molar-refractivity contribution is 0.143. The van der Waals surface area contributed by atoms with E-state index in [1.54, 1.807) is 6.26 Å². The van der Waals surface area contributed by atoms with Crippen molar-refractivity contribution in [3.8, 4) is 0 Å². The van der Waals surface area contributed by atoms with E-state index in [4.69, 9.17) is 4.42 Å². The Morgan fingerprint density at radius 1 is 1.07 bits per heavy atom. The summed E-state index contributed by atoms with van der Waals surface area (Å²) in [6.07, 6.45) is 8.92. The zero-order valence-corrected chi connectivity index (χ0v) is 16.5. The van der Waals surface area contributed by atoms with Crippen LogP contribution in [0.2, 0.25) is 0 Å². The van der Waals surface area contributed by atoms with Crippen LogP contribution in [0.15, 0.2) is 47.1 Å². The van der Waals surface area contributed by atoms with Crippen LogP contribution < -0.4 is 10.6 Å². The summed E-state index contributed by atoms with van der Waals surface area (Å²) < 4.78 is 5.66. The summed E-state index contributed by atoms with van der Waals surface area (Å²) in [6, 6.07) is 12.6. The van der Waals surface area contributed by atoms with E-state index >= 15 is 0 Å². The number of hydrogen-bond acceptors (Lipinski definition) is 3. The number of aryl methyl sites for hydroxylation is 1. The summed E-state index contributed by atoms with van der Waals surface area (Å²) in [6.45, 7) is 3.39. The van der Waals surface area contributed by atoms with Gasteiger partial charge in [0, 0.05) is 19.0 Å². The molecule has 2 heterocycles. The first-order valence-corrected chi connectivity index (χ1v) is 10.7. The van der Waals surface area contributed by atoms with Crippen LogP contribution in [0, 0.1) is 0 Å². The molecule has 1 fully saturated rings. The van der Waals surface area contributed by atoms with Gasteiger partial charge in [0.05, 0.1) is 12.3 Å². The Morgan fingerprint density at radius 3 is 2.75 bits per heavy atom. The number of benzene rings is 1. The average Bonchev–Trinajstić information content (AvgIpc) is 3.28. The molecule has 2 amide bonds. The molecule has 1 aromatic heterocycles. The van der Waals surface area contributed by atoms with E-state index in [1.807, 2.05) is 12.1 Å². The average molecular weight is 382 g/mol. The van der Waals surface area contributed by atoms with Crippen LogP contribution in [0.1, 0.15) is 61.0 Å². The first kappa shape index (κ1) is 19.1. The molecule has 0 spiro atoms. The lowest BCUT2D eigenvalue weighted by atomic mass is 9.83. The molecule has 0 radical (unpaired) electrons. The molecule has 2 unspecified atom stereocenters. The maximum absolute atomic E-state index is 12.5. The third-order valence-electron chi connectivity index (χ3n) is 6.16. The van der Waals surface area contributed by atoms with E-state index in [0.717, 1.165) is 31.7 Å². The van der Waals surface area contributed by atoms with E-state index < -0.39 is 0 Å². The zero-order valence-electron chi connectivity index (χ0n) is 16.5. The minimum absolute atomic E-state index is 0.0865. The van der Waals surface area contributed by atoms with Gasteiger partial charge in [-0.05, 0) is 68.5 Å². The number of urea groups is 1. The van der Waals surface area contributed by atoms with Gasteiger partial charge in [-0.25, -0.2) is 4.79 Å². The van der Waals surface area contributed by atoms with Crippen LogP contribution in [-0.4, -0.2) is 37.1 Å². The number of piperidine rings is 1. The Bertz CT molecular complexity index is 753. The summed E-state index contributed by atoms with van der Waals surface area (Å²) >= 11 is 0. The monoisotopic (exact) mass is 381 g/mol. The first-order chi connectivity index (χ1) is 13.8. The van der Waals surface area contributed by atoms with Crippen LogP contribution in [0.4, 0.5) is 4.79 Å². The Labute approximate surface area is 167 Å². The SMILES string of the molecule is O=C(NCC1CCCc2ccccc21)NCC(c1ccco1)N1CCCCC1. The van der Waals surface area contributed by atoms with Crippen molar-refractivity contribution in [2.24, 2.45) is 0 Å². The zero-order chi connectivity index (χ0) is 19.2. The van der Waals surface area contributed by atoms with Crippen LogP contribution in [-0.2, 0) is 6.42 Å². The molecule has 1 aromatic carbocycles. The fourth-order valence-electron chi connectivity index (χ4n) is 4.65. The first-order valence-electron chi connectivity index (χ1n) is 10.7. The Hall–Kier alpha value is -2.27. The molecule has 2 N–H and O–H groups in total. The van der Waals surface area contributed by atoms with Crippen LogP contribution in [0.25, 0.3) is 0 Å². The largest absolute Gasteiger partial charge is 0.468 e. The Morgan fingerprint density at radius 2 is 1.93 bits per heavy atom. The fraction of sp³-hybridized carbons (Fsp3) is 0.522. The highest BCUT2D eigenvalue weighted by molar-refractivity contribution is 5.74. The highest BCUT2D eigenvalue weighted by Crippen LogP contribution is 2.30. The molecule has 5 nitrogen and oxygen atoms in total. The van der Waals surface area contributed by atoms with E-state index in [1.165, 1.54) is 36.8 Å². The Kier molecular flexibility index (Phi) is 6.32. The van der Waals surface area contributed by atoms with Crippen LogP contribution in [0.3, 0.4) is 0 Å². The van der Waals surface area contributed by atoms with Crippen molar-refractivity contribution >= 4 is 6.03 Å². The van der Waals surface area contributed by atoms with Gasteiger partial charge < -0.3 is 15.1 Å². The van der Waals surface area contributed by atoms with Crippen molar-refractivity contribution in [2.45, 2.75) is 50.5 Å². The second kappa shape index (κ2) is 9.28. The molecular weight excluding hydrogens is 350 g/mol. The molecular formula is C23H31N3O2. The highest BCUT2D eigenvalue weighted by atomic mass is 16.3. The van der Waals surface area contributed by atoms with E-state index in [0.29, 0.717) is 19.0 Å². The predicted molar refractivity (Wildman–Crippen MR) is 110 cm³/mol. The van der Waals surface area contributed by atoms with Gasteiger partial charge in [0.1, 0.15) is 5.76 Å². The standard InChI is InChI=1S/C23H31N3O2/c27-23(24-16-19-10-6-9-18-8-2-3-11-20(18)19)25-17-21(22-12-7-15-28-22)26-13-4-1-5-14-26/h2-3,7-8,11-12,15,19,21H,1,4-6,9-10,13-14,16-17H2,(H2,24,25,27). The lowest BCUT2D eigenvalue weighted by Gasteiger charge is -2.33. The van der Waals surface area contributed by atoms with Crippen LogP contribution >= 0.6 is 0 Å². The molecule has 150 valence electrons. The molecule has 5 heteroatoms.